The van der Waals surface area contributed by atoms with Gasteiger partial charge in [0.05, 0.1) is 19.8 Å². The lowest BCUT2D eigenvalue weighted by atomic mass is 9.73. The van der Waals surface area contributed by atoms with Gasteiger partial charge in [-0.3, -0.25) is 9.89 Å². The van der Waals surface area contributed by atoms with Crippen molar-refractivity contribution in [1.82, 2.24) is 30.3 Å². The Morgan fingerprint density at radius 2 is 2.06 bits per heavy atom. The molecular weight excluding hydrogens is 394 g/mol. The molecule has 0 spiro atoms. The van der Waals surface area contributed by atoms with Crippen LogP contribution in [0.1, 0.15) is 50.2 Å². The van der Waals surface area contributed by atoms with E-state index < -0.39 is 0 Å². The number of guanidine groups is 1. The van der Waals surface area contributed by atoms with Gasteiger partial charge in [-0.05, 0) is 19.3 Å². The van der Waals surface area contributed by atoms with Crippen molar-refractivity contribution < 1.29 is 9.47 Å². The third-order valence-corrected chi connectivity index (χ3v) is 6.95. The first-order valence-corrected chi connectivity index (χ1v) is 11.9. The zero-order valence-corrected chi connectivity index (χ0v) is 19.2. The van der Waals surface area contributed by atoms with Crippen molar-refractivity contribution in [1.29, 1.82) is 0 Å². The molecule has 1 saturated carbocycles. The molecule has 0 aromatic carbocycles. The second-order valence-corrected chi connectivity index (χ2v) is 9.31. The van der Waals surface area contributed by atoms with Crippen molar-refractivity contribution >= 4 is 5.96 Å². The summed E-state index contributed by atoms with van der Waals surface area (Å²) in [5, 5.41) is 11.9. The highest BCUT2D eigenvalue weighted by Crippen LogP contribution is 2.36. The van der Waals surface area contributed by atoms with Crippen LogP contribution in [0.4, 0.5) is 0 Å². The van der Waals surface area contributed by atoms with E-state index in [4.69, 9.17) is 9.47 Å². The Morgan fingerprint density at radius 3 is 2.81 bits per heavy atom. The predicted octanol–water partition coefficient (Wildman–Crippen LogP) is 1.19. The molecule has 2 aliphatic heterocycles. The number of aliphatic imine (C=N–C) groups is 1. The van der Waals surface area contributed by atoms with Gasteiger partial charge in [-0.15, -0.1) is 0 Å². The number of aryl methyl sites for hydroxylation is 1. The summed E-state index contributed by atoms with van der Waals surface area (Å²) in [6, 6.07) is 0.303. The summed E-state index contributed by atoms with van der Waals surface area (Å²) in [7, 11) is 3.55. The Labute approximate surface area is 186 Å². The maximum absolute atomic E-state index is 5.56. The van der Waals surface area contributed by atoms with E-state index in [1.54, 1.807) is 7.11 Å². The zero-order chi connectivity index (χ0) is 21.5. The van der Waals surface area contributed by atoms with E-state index in [1.807, 2.05) is 11.7 Å². The Kier molecular flexibility index (Phi) is 7.79. The summed E-state index contributed by atoms with van der Waals surface area (Å²) >= 11 is 0. The van der Waals surface area contributed by atoms with Gasteiger partial charge >= 0.3 is 0 Å². The number of fused-ring (bicyclic) bond motifs is 1. The summed E-state index contributed by atoms with van der Waals surface area (Å²) in [4.78, 5) is 11.7. The van der Waals surface area contributed by atoms with E-state index in [0.29, 0.717) is 18.1 Å². The van der Waals surface area contributed by atoms with Crippen molar-refractivity contribution in [3.05, 3.63) is 11.6 Å². The van der Waals surface area contributed by atoms with Crippen molar-refractivity contribution in [2.45, 2.75) is 64.1 Å². The molecular formula is C22H39N7O2. The van der Waals surface area contributed by atoms with Crippen LogP contribution >= 0.6 is 0 Å². The molecule has 1 unspecified atom stereocenters. The fraction of sp³-hybridized carbons (Fsp3) is 0.864. The highest BCUT2D eigenvalue weighted by molar-refractivity contribution is 5.80. The Balaban J connectivity index is 1.32. The molecule has 31 heavy (non-hydrogen) atoms. The molecule has 174 valence electrons. The summed E-state index contributed by atoms with van der Waals surface area (Å²) in [6.45, 7) is 7.26. The smallest absolute Gasteiger partial charge is 0.191 e. The van der Waals surface area contributed by atoms with Crippen LogP contribution in [0.25, 0.3) is 0 Å². The third kappa shape index (κ3) is 5.96. The third-order valence-electron chi connectivity index (χ3n) is 6.95. The predicted molar refractivity (Wildman–Crippen MR) is 120 cm³/mol. The number of morpholine rings is 1. The summed E-state index contributed by atoms with van der Waals surface area (Å²) < 4.78 is 12.7. The van der Waals surface area contributed by atoms with E-state index in [1.165, 1.54) is 32.1 Å². The first-order chi connectivity index (χ1) is 15.2. The fourth-order valence-corrected chi connectivity index (χ4v) is 5.25. The van der Waals surface area contributed by atoms with Gasteiger partial charge in [0, 0.05) is 58.2 Å². The average molecular weight is 434 g/mol. The van der Waals surface area contributed by atoms with Crippen LogP contribution in [-0.2, 0) is 29.0 Å². The van der Waals surface area contributed by atoms with Crippen molar-refractivity contribution in [3.63, 3.8) is 0 Å². The maximum Gasteiger partial charge on any atom is 0.191 e. The van der Waals surface area contributed by atoms with E-state index in [0.717, 1.165) is 76.4 Å². The van der Waals surface area contributed by atoms with Crippen LogP contribution in [-0.4, -0.2) is 85.2 Å². The van der Waals surface area contributed by atoms with Gasteiger partial charge in [-0.25, -0.2) is 9.67 Å². The van der Waals surface area contributed by atoms with Gasteiger partial charge < -0.3 is 20.1 Å². The largest absolute Gasteiger partial charge is 0.379 e. The van der Waals surface area contributed by atoms with Crippen LogP contribution in [0.5, 0.6) is 0 Å². The van der Waals surface area contributed by atoms with E-state index in [9.17, 15) is 0 Å². The number of rotatable bonds is 7. The molecule has 0 radical (unpaired) electrons. The maximum atomic E-state index is 5.56. The number of hydrogen-bond donors (Lipinski definition) is 2. The van der Waals surface area contributed by atoms with Crippen molar-refractivity contribution in [2.75, 3.05) is 53.6 Å². The normalized spacial score (nSPS) is 24.6. The molecule has 3 aliphatic rings. The van der Waals surface area contributed by atoms with Crippen molar-refractivity contribution in [3.8, 4) is 0 Å². The minimum atomic E-state index is 0.303. The lowest BCUT2D eigenvalue weighted by Crippen LogP contribution is -2.53. The second kappa shape index (κ2) is 10.7. The SMILES string of the molecule is CN=C(NCC1(CN2CCOCC2)CCCCC1)NC1CCc2nc(COC)nn2C1. The molecule has 1 saturated heterocycles. The summed E-state index contributed by atoms with van der Waals surface area (Å²) in [6.07, 6.45) is 8.58. The molecule has 9 heteroatoms. The van der Waals surface area contributed by atoms with Crippen LogP contribution in [0.2, 0.25) is 0 Å². The van der Waals surface area contributed by atoms with Gasteiger partial charge in [0.15, 0.2) is 11.8 Å². The van der Waals surface area contributed by atoms with Crippen LogP contribution < -0.4 is 10.6 Å². The monoisotopic (exact) mass is 433 g/mol. The van der Waals surface area contributed by atoms with Gasteiger partial charge in [0.2, 0.25) is 0 Å². The summed E-state index contributed by atoms with van der Waals surface area (Å²) in [5.41, 5.74) is 0.327. The van der Waals surface area contributed by atoms with Gasteiger partial charge in [0.25, 0.3) is 0 Å². The summed E-state index contributed by atoms with van der Waals surface area (Å²) in [5.74, 6) is 2.72. The van der Waals surface area contributed by atoms with Gasteiger partial charge in [-0.1, -0.05) is 19.3 Å². The number of nitrogens with zero attached hydrogens (tertiary/aromatic N) is 5. The number of nitrogens with one attached hydrogen (secondary N) is 2. The second-order valence-electron chi connectivity index (χ2n) is 9.31. The Morgan fingerprint density at radius 1 is 1.26 bits per heavy atom. The molecule has 2 N–H and O–H groups in total. The molecule has 3 heterocycles. The fourth-order valence-electron chi connectivity index (χ4n) is 5.25. The van der Waals surface area contributed by atoms with Gasteiger partial charge in [0.1, 0.15) is 12.4 Å². The minimum Gasteiger partial charge on any atom is -0.379 e. The first-order valence-electron chi connectivity index (χ1n) is 11.9. The quantitative estimate of drug-likeness (QED) is 0.493. The lowest BCUT2D eigenvalue weighted by molar-refractivity contribution is 0.00819. The molecule has 4 rings (SSSR count). The number of methoxy groups -OCH3 is 1. The van der Waals surface area contributed by atoms with Crippen LogP contribution in [0, 0.1) is 5.41 Å². The van der Waals surface area contributed by atoms with E-state index >= 15 is 0 Å². The van der Waals surface area contributed by atoms with E-state index in [-0.39, 0.29) is 0 Å². The van der Waals surface area contributed by atoms with E-state index in [2.05, 4.69) is 30.6 Å². The molecule has 0 bridgehead atoms. The Bertz CT molecular complexity index is 723. The van der Waals surface area contributed by atoms with Crippen LogP contribution in [0.15, 0.2) is 4.99 Å². The molecule has 0 amide bonds. The first kappa shape index (κ1) is 22.5. The minimum absolute atomic E-state index is 0.303. The molecule has 1 aromatic rings. The van der Waals surface area contributed by atoms with Crippen molar-refractivity contribution in [2.24, 2.45) is 10.4 Å². The zero-order valence-electron chi connectivity index (χ0n) is 19.2. The number of hydrogen-bond acceptors (Lipinski definition) is 6. The molecule has 9 nitrogen and oxygen atoms in total. The number of aromatic nitrogens is 3. The lowest BCUT2D eigenvalue weighted by Gasteiger charge is -2.42. The molecule has 2 fully saturated rings. The highest BCUT2D eigenvalue weighted by atomic mass is 16.5. The molecule has 1 aromatic heterocycles. The highest BCUT2D eigenvalue weighted by Gasteiger charge is 2.34. The van der Waals surface area contributed by atoms with Gasteiger partial charge in [-0.2, -0.15) is 5.10 Å². The molecule has 1 atom stereocenters. The Hall–Kier alpha value is -1.71. The van der Waals surface area contributed by atoms with Crippen LogP contribution in [0.3, 0.4) is 0 Å². The topological polar surface area (TPSA) is 88.8 Å². The molecule has 1 aliphatic carbocycles. The standard InChI is InChI=1S/C22H39N7O2/c1-23-21(25-18-6-7-20-26-19(15-30-2)27-29(20)14-18)24-16-22(8-4-3-5-9-22)17-28-10-12-31-13-11-28/h18H,3-17H2,1-2H3,(H2,23,24,25). The number of ether oxygens (including phenoxy) is 2. The average Bonchev–Trinajstić information content (AvgIpc) is 3.20.